The van der Waals surface area contributed by atoms with E-state index in [-0.39, 0.29) is 10.6 Å². The molecular formula is C28H25Cl2FN4O3S. The molecule has 0 bridgehead atoms. The van der Waals surface area contributed by atoms with Crippen LogP contribution in [0.15, 0.2) is 82.8 Å². The lowest BCUT2D eigenvalue weighted by molar-refractivity contribution is -0.119. The average molecular weight is 588 g/mol. The summed E-state index contributed by atoms with van der Waals surface area (Å²) in [4.78, 5) is 12.8. The minimum absolute atomic E-state index is 0.0697. The van der Waals surface area contributed by atoms with Crippen LogP contribution in [0.4, 0.5) is 10.1 Å². The second-order valence-corrected chi connectivity index (χ2v) is 11.5. The van der Waals surface area contributed by atoms with E-state index in [1.165, 1.54) is 36.5 Å². The van der Waals surface area contributed by atoms with Crippen LogP contribution in [0.2, 0.25) is 10.0 Å². The molecule has 4 aromatic rings. The molecule has 0 saturated heterocycles. The van der Waals surface area contributed by atoms with Crippen molar-refractivity contribution in [2.24, 2.45) is 5.10 Å². The Balaban J connectivity index is 1.58. The number of benzene rings is 3. The van der Waals surface area contributed by atoms with Crippen LogP contribution in [0.5, 0.6) is 0 Å². The third-order valence-corrected chi connectivity index (χ3v) is 8.64. The fraction of sp³-hybridized carbons (Fsp3) is 0.143. The lowest BCUT2D eigenvalue weighted by Crippen LogP contribution is -2.40. The maximum absolute atomic E-state index is 14.7. The maximum atomic E-state index is 14.7. The highest BCUT2D eigenvalue weighted by atomic mass is 35.5. The quantitative estimate of drug-likeness (QED) is 0.197. The fourth-order valence-electron chi connectivity index (χ4n) is 4.08. The van der Waals surface area contributed by atoms with Gasteiger partial charge >= 0.3 is 0 Å². The molecule has 1 N–H and O–H groups in total. The predicted molar refractivity (Wildman–Crippen MR) is 153 cm³/mol. The second kappa shape index (κ2) is 11.6. The number of anilines is 1. The molecule has 39 heavy (non-hydrogen) atoms. The average Bonchev–Trinajstić information content (AvgIpc) is 3.17. The molecule has 3 aromatic carbocycles. The van der Waals surface area contributed by atoms with Gasteiger partial charge in [-0.2, -0.15) is 5.10 Å². The predicted octanol–water partition coefficient (Wildman–Crippen LogP) is 6.19. The molecule has 1 amide bonds. The van der Waals surface area contributed by atoms with Gasteiger partial charge in [-0.15, -0.1) is 0 Å². The van der Waals surface area contributed by atoms with Crippen LogP contribution in [-0.4, -0.2) is 31.7 Å². The van der Waals surface area contributed by atoms with Gasteiger partial charge in [-0.05, 0) is 63.2 Å². The van der Waals surface area contributed by atoms with E-state index in [2.05, 4.69) is 10.5 Å². The van der Waals surface area contributed by atoms with Crippen LogP contribution >= 0.6 is 23.2 Å². The number of nitrogens with one attached hydrogen (secondary N) is 1. The molecule has 1 heterocycles. The van der Waals surface area contributed by atoms with Crippen LogP contribution in [-0.2, 0) is 14.8 Å². The van der Waals surface area contributed by atoms with Gasteiger partial charge in [0.2, 0.25) is 0 Å². The van der Waals surface area contributed by atoms with E-state index < -0.39 is 28.3 Å². The van der Waals surface area contributed by atoms with E-state index >= 15 is 0 Å². The Kier molecular flexibility index (Phi) is 8.44. The highest BCUT2D eigenvalue weighted by molar-refractivity contribution is 7.92. The molecule has 0 atom stereocenters. The number of hydrazone groups is 1. The standard InChI is InChI=1S/C28H25Cl2FN4O3S/c1-18-11-13-22(14-12-18)39(37,38)34(25-9-5-4-8-24(25)31)17-27(36)33-32-16-21-15-19(2)35(20(21)3)26-10-6-7-23(29)28(26)30/h4-16H,17H2,1-3H3,(H,33,36)/b32-16-. The first kappa shape index (κ1) is 28.4. The third kappa shape index (κ3) is 6.00. The van der Waals surface area contributed by atoms with E-state index in [0.717, 1.165) is 27.3 Å². The van der Waals surface area contributed by atoms with Crippen molar-refractivity contribution in [3.63, 3.8) is 0 Å². The summed E-state index contributed by atoms with van der Waals surface area (Å²) in [6, 6.07) is 18.6. The van der Waals surface area contributed by atoms with Crippen molar-refractivity contribution in [2.45, 2.75) is 25.7 Å². The number of rotatable bonds is 8. The summed E-state index contributed by atoms with van der Waals surface area (Å²) in [5, 5.41) is 4.84. The van der Waals surface area contributed by atoms with Gasteiger partial charge in [0.1, 0.15) is 12.4 Å². The summed E-state index contributed by atoms with van der Waals surface area (Å²) >= 11 is 12.6. The van der Waals surface area contributed by atoms with Gasteiger partial charge < -0.3 is 4.57 Å². The Hall–Kier alpha value is -3.66. The molecule has 0 unspecified atom stereocenters. The molecule has 1 aromatic heterocycles. The van der Waals surface area contributed by atoms with Crippen LogP contribution in [0.3, 0.4) is 0 Å². The number of hydrogen-bond donors (Lipinski definition) is 1. The SMILES string of the molecule is Cc1ccc(S(=O)(=O)N(CC(=O)N/N=C\c2cc(C)n(-c3cccc(Cl)c3Cl)c2C)c2ccccc2F)cc1. The van der Waals surface area contributed by atoms with Crippen molar-refractivity contribution in [2.75, 3.05) is 10.8 Å². The molecule has 202 valence electrons. The summed E-state index contributed by atoms with van der Waals surface area (Å²) in [6.45, 7) is 4.88. The fourth-order valence-corrected chi connectivity index (χ4v) is 5.89. The third-order valence-electron chi connectivity index (χ3n) is 6.05. The topological polar surface area (TPSA) is 83.8 Å². The summed E-state index contributed by atoms with van der Waals surface area (Å²) in [7, 11) is -4.26. The number of aromatic nitrogens is 1. The minimum atomic E-state index is -4.26. The minimum Gasteiger partial charge on any atom is -0.316 e. The summed E-state index contributed by atoms with van der Waals surface area (Å²) in [6.07, 6.45) is 1.44. The highest BCUT2D eigenvalue weighted by Gasteiger charge is 2.29. The monoisotopic (exact) mass is 586 g/mol. The van der Waals surface area contributed by atoms with Crippen LogP contribution in [0.1, 0.15) is 22.5 Å². The molecule has 0 spiro atoms. The lowest BCUT2D eigenvalue weighted by atomic mass is 10.2. The van der Waals surface area contributed by atoms with Crippen molar-refractivity contribution in [3.8, 4) is 5.69 Å². The first-order valence-corrected chi connectivity index (χ1v) is 14.0. The number of hydrogen-bond acceptors (Lipinski definition) is 4. The Morgan fingerprint density at radius 2 is 1.72 bits per heavy atom. The van der Waals surface area contributed by atoms with Gasteiger partial charge in [-0.25, -0.2) is 18.2 Å². The molecule has 11 heteroatoms. The van der Waals surface area contributed by atoms with Gasteiger partial charge in [0.15, 0.2) is 0 Å². The van der Waals surface area contributed by atoms with Gasteiger partial charge in [-0.3, -0.25) is 9.10 Å². The zero-order valence-electron chi connectivity index (χ0n) is 21.3. The van der Waals surface area contributed by atoms with E-state index in [1.54, 1.807) is 24.3 Å². The van der Waals surface area contributed by atoms with Gasteiger partial charge in [0.05, 0.1) is 32.5 Å². The normalized spacial score (nSPS) is 11.6. The Bertz CT molecular complexity index is 1670. The summed E-state index contributed by atoms with van der Waals surface area (Å²) < 4.78 is 44.1. The zero-order valence-corrected chi connectivity index (χ0v) is 23.6. The molecule has 4 rings (SSSR count). The number of nitrogens with zero attached hydrogens (tertiary/aromatic N) is 3. The molecule has 0 aliphatic heterocycles. The number of halogens is 3. The van der Waals surface area contributed by atoms with Crippen molar-refractivity contribution in [1.29, 1.82) is 0 Å². The molecule has 0 aliphatic carbocycles. The van der Waals surface area contributed by atoms with Gasteiger partial charge in [0.25, 0.3) is 15.9 Å². The van der Waals surface area contributed by atoms with Crippen molar-refractivity contribution in [3.05, 3.63) is 111 Å². The number of carbonyl (C=O) groups excluding carboxylic acids is 1. The molecule has 0 saturated carbocycles. The van der Waals surface area contributed by atoms with E-state index in [1.807, 2.05) is 37.5 Å². The first-order chi connectivity index (χ1) is 18.5. The number of para-hydroxylation sites is 1. The Labute approximate surface area is 236 Å². The number of sulfonamides is 1. The molecule has 0 radical (unpaired) electrons. The van der Waals surface area contributed by atoms with Crippen molar-refractivity contribution < 1.29 is 17.6 Å². The first-order valence-electron chi connectivity index (χ1n) is 11.8. The Morgan fingerprint density at radius 1 is 1.03 bits per heavy atom. The van der Waals surface area contributed by atoms with E-state index in [0.29, 0.717) is 21.3 Å². The molecular weight excluding hydrogens is 562 g/mol. The van der Waals surface area contributed by atoms with Crippen molar-refractivity contribution in [1.82, 2.24) is 9.99 Å². The van der Waals surface area contributed by atoms with E-state index in [4.69, 9.17) is 23.2 Å². The van der Waals surface area contributed by atoms with Crippen LogP contribution in [0.25, 0.3) is 5.69 Å². The smallest absolute Gasteiger partial charge is 0.264 e. The number of aryl methyl sites for hydroxylation is 2. The highest BCUT2D eigenvalue weighted by Crippen LogP contribution is 2.31. The second-order valence-electron chi connectivity index (χ2n) is 8.80. The Morgan fingerprint density at radius 3 is 2.41 bits per heavy atom. The largest absolute Gasteiger partial charge is 0.316 e. The number of amides is 1. The van der Waals surface area contributed by atoms with Gasteiger partial charge in [-0.1, -0.05) is 59.1 Å². The van der Waals surface area contributed by atoms with Gasteiger partial charge in [0, 0.05) is 17.0 Å². The molecule has 0 fully saturated rings. The maximum Gasteiger partial charge on any atom is 0.264 e. The van der Waals surface area contributed by atoms with E-state index in [9.17, 15) is 17.6 Å². The number of carbonyl (C=O) groups is 1. The molecule has 0 aliphatic rings. The summed E-state index contributed by atoms with van der Waals surface area (Å²) in [5.74, 6) is -1.53. The lowest BCUT2D eigenvalue weighted by Gasteiger charge is -2.24. The summed E-state index contributed by atoms with van der Waals surface area (Å²) in [5.41, 5.74) is 6.00. The zero-order chi connectivity index (χ0) is 28.3. The van der Waals surface area contributed by atoms with Crippen molar-refractivity contribution >= 4 is 51.0 Å². The van der Waals surface area contributed by atoms with Crippen LogP contribution in [0, 0.1) is 26.6 Å². The molecule has 7 nitrogen and oxygen atoms in total. The van der Waals surface area contributed by atoms with Crippen LogP contribution < -0.4 is 9.73 Å².